The molecule has 1 rings (SSSR count). The van der Waals surface area contributed by atoms with Gasteiger partial charge in [0.25, 0.3) is 0 Å². The van der Waals surface area contributed by atoms with Crippen LogP contribution in [0.1, 0.15) is 13.3 Å². The molecule has 0 saturated carbocycles. The van der Waals surface area contributed by atoms with Crippen molar-refractivity contribution in [2.24, 2.45) is 5.73 Å². The predicted octanol–water partition coefficient (Wildman–Crippen LogP) is -0.330. The van der Waals surface area contributed by atoms with Gasteiger partial charge < -0.3 is 10.5 Å². The molecule has 2 atom stereocenters. The van der Waals surface area contributed by atoms with E-state index < -0.39 is 0 Å². The largest absolute Gasteiger partial charge is 0.359 e. The highest BCUT2D eigenvalue weighted by molar-refractivity contribution is 4.70. The maximum atomic E-state index is 5.41. The Bertz CT molecular complexity index is 85.1. The molecule has 0 spiro atoms. The van der Waals surface area contributed by atoms with Crippen LogP contribution in [0.15, 0.2) is 0 Å². The molecule has 1 aliphatic rings. The first kappa shape index (κ1) is 6.99. The van der Waals surface area contributed by atoms with Crippen LogP contribution in [-0.4, -0.2) is 25.4 Å². The first-order valence-electron chi connectivity index (χ1n) is 3.42. The predicted molar refractivity (Wildman–Crippen MR) is 36.0 cm³/mol. The molecule has 0 aromatic carbocycles. The van der Waals surface area contributed by atoms with Crippen LogP contribution in [0.4, 0.5) is 0 Å². The zero-order chi connectivity index (χ0) is 6.69. The maximum absolute atomic E-state index is 5.41. The summed E-state index contributed by atoms with van der Waals surface area (Å²) in [6.07, 6.45) is 1.55. The average molecular weight is 130 g/mol. The zero-order valence-electron chi connectivity index (χ0n) is 5.76. The molecule has 0 unspecified atom stereocenters. The second-order valence-corrected chi connectivity index (χ2v) is 2.39. The van der Waals surface area contributed by atoms with Crippen LogP contribution in [0.2, 0.25) is 0 Å². The van der Waals surface area contributed by atoms with E-state index in [0.717, 1.165) is 19.5 Å². The van der Waals surface area contributed by atoms with E-state index in [4.69, 9.17) is 10.5 Å². The van der Waals surface area contributed by atoms with Crippen molar-refractivity contribution in [2.45, 2.75) is 25.7 Å². The molecule has 0 aliphatic carbocycles. The number of rotatable bonds is 2. The quantitative estimate of drug-likeness (QED) is 0.538. The summed E-state index contributed by atoms with van der Waals surface area (Å²) in [6, 6.07) is 0. The molecule has 1 saturated heterocycles. The third-order valence-corrected chi connectivity index (χ3v) is 1.52. The molecule has 54 valence electrons. The van der Waals surface area contributed by atoms with Gasteiger partial charge in [0.15, 0.2) is 0 Å². The van der Waals surface area contributed by atoms with Crippen LogP contribution in [-0.2, 0) is 4.74 Å². The van der Waals surface area contributed by atoms with E-state index in [2.05, 4.69) is 5.32 Å². The van der Waals surface area contributed by atoms with Gasteiger partial charge in [0.1, 0.15) is 6.23 Å². The van der Waals surface area contributed by atoms with Gasteiger partial charge in [-0.1, -0.05) is 0 Å². The first-order chi connectivity index (χ1) is 4.33. The van der Waals surface area contributed by atoms with Gasteiger partial charge in [-0.3, -0.25) is 5.32 Å². The van der Waals surface area contributed by atoms with Crippen molar-refractivity contribution < 1.29 is 4.74 Å². The maximum Gasteiger partial charge on any atom is 0.105 e. The fourth-order valence-corrected chi connectivity index (χ4v) is 1.04. The van der Waals surface area contributed by atoms with Crippen molar-refractivity contribution in [1.29, 1.82) is 0 Å². The van der Waals surface area contributed by atoms with Gasteiger partial charge in [-0.2, -0.15) is 0 Å². The van der Waals surface area contributed by atoms with Gasteiger partial charge in [0, 0.05) is 6.54 Å². The van der Waals surface area contributed by atoms with Gasteiger partial charge in [0.2, 0.25) is 0 Å². The molecule has 0 amide bonds. The zero-order valence-corrected chi connectivity index (χ0v) is 5.76. The minimum absolute atomic E-state index is 0.224. The Labute approximate surface area is 55.6 Å². The SMILES string of the molecule is C[C@H]1NC[C@@H](CCN)O1. The van der Waals surface area contributed by atoms with Gasteiger partial charge in [0.05, 0.1) is 6.10 Å². The number of ether oxygens (including phenoxy) is 1. The van der Waals surface area contributed by atoms with Crippen molar-refractivity contribution in [1.82, 2.24) is 5.32 Å². The highest BCUT2D eigenvalue weighted by Gasteiger charge is 2.19. The summed E-state index contributed by atoms with van der Waals surface area (Å²) < 4.78 is 5.41. The second-order valence-electron chi connectivity index (χ2n) is 2.39. The van der Waals surface area contributed by atoms with E-state index >= 15 is 0 Å². The van der Waals surface area contributed by atoms with Gasteiger partial charge in [-0.15, -0.1) is 0 Å². The topological polar surface area (TPSA) is 47.3 Å². The summed E-state index contributed by atoms with van der Waals surface area (Å²) in [7, 11) is 0. The number of hydrogen-bond donors (Lipinski definition) is 2. The number of nitrogens with one attached hydrogen (secondary N) is 1. The van der Waals surface area contributed by atoms with Crippen LogP contribution in [0, 0.1) is 0 Å². The third kappa shape index (κ3) is 1.93. The Hall–Kier alpha value is -0.120. The van der Waals surface area contributed by atoms with Crippen LogP contribution in [0.5, 0.6) is 0 Å². The Balaban J connectivity index is 2.14. The molecular weight excluding hydrogens is 116 g/mol. The molecule has 1 heterocycles. The average Bonchev–Trinajstić information content (AvgIpc) is 2.17. The van der Waals surface area contributed by atoms with Crippen LogP contribution < -0.4 is 11.1 Å². The van der Waals surface area contributed by atoms with E-state index in [-0.39, 0.29) is 6.23 Å². The summed E-state index contributed by atoms with van der Waals surface area (Å²) in [5, 5.41) is 3.18. The Morgan fingerprint density at radius 1 is 1.78 bits per heavy atom. The second kappa shape index (κ2) is 3.15. The van der Waals surface area contributed by atoms with Crippen LogP contribution in [0.25, 0.3) is 0 Å². The molecule has 3 nitrogen and oxygen atoms in total. The molecule has 0 radical (unpaired) electrons. The standard InChI is InChI=1S/C6H14N2O/c1-5-8-4-6(9-5)2-3-7/h5-6,8H,2-4,7H2,1H3/t5-,6+/m0/s1. The Kier molecular flexibility index (Phi) is 2.45. The smallest absolute Gasteiger partial charge is 0.105 e. The normalized spacial score (nSPS) is 35.3. The van der Waals surface area contributed by atoms with Gasteiger partial charge in [-0.05, 0) is 19.9 Å². The molecule has 3 N–H and O–H groups in total. The van der Waals surface area contributed by atoms with Crippen molar-refractivity contribution in [3.8, 4) is 0 Å². The molecule has 9 heavy (non-hydrogen) atoms. The van der Waals surface area contributed by atoms with E-state index in [1.54, 1.807) is 0 Å². The van der Waals surface area contributed by atoms with Crippen molar-refractivity contribution >= 4 is 0 Å². The van der Waals surface area contributed by atoms with E-state index in [1.165, 1.54) is 0 Å². The van der Waals surface area contributed by atoms with E-state index in [0.29, 0.717) is 6.10 Å². The third-order valence-electron chi connectivity index (χ3n) is 1.52. The lowest BCUT2D eigenvalue weighted by Gasteiger charge is -2.06. The van der Waals surface area contributed by atoms with Crippen molar-refractivity contribution in [3.05, 3.63) is 0 Å². The molecule has 3 heteroatoms. The highest BCUT2D eigenvalue weighted by atomic mass is 16.5. The molecule has 1 aliphatic heterocycles. The Morgan fingerprint density at radius 2 is 2.56 bits per heavy atom. The summed E-state index contributed by atoms with van der Waals surface area (Å²) in [6.45, 7) is 3.69. The monoisotopic (exact) mass is 130 g/mol. The van der Waals surface area contributed by atoms with E-state index in [1.807, 2.05) is 6.92 Å². The summed E-state index contributed by atoms with van der Waals surface area (Å²) in [5.41, 5.74) is 5.35. The first-order valence-corrected chi connectivity index (χ1v) is 3.42. The lowest BCUT2D eigenvalue weighted by Crippen LogP contribution is -2.18. The summed E-state index contributed by atoms with van der Waals surface area (Å²) in [4.78, 5) is 0. The minimum atomic E-state index is 0.224. The van der Waals surface area contributed by atoms with Gasteiger partial charge >= 0.3 is 0 Å². The number of hydrogen-bond acceptors (Lipinski definition) is 3. The fraction of sp³-hybridized carbons (Fsp3) is 1.00. The number of nitrogens with two attached hydrogens (primary N) is 1. The molecule has 0 bridgehead atoms. The van der Waals surface area contributed by atoms with E-state index in [9.17, 15) is 0 Å². The van der Waals surface area contributed by atoms with Crippen LogP contribution in [0.3, 0.4) is 0 Å². The van der Waals surface area contributed by atoms with Crippen molar-refractivity contribution in [2.75, 3.05) is 13.1 Å². The summed E-state index contributed by atoms with van der Waals surface area (Å²) in [5.74, 6) is 0. The van der Waals surface area contributed by atoms with Gasteiger partial charge in [-0.25, -0.2) is 0 Å². The molecule has 1 fully saturated rings. The highest BCUT2D eigenvalue weighted by Crippen LogP contribution is 2.05. The Morgan fingerprint density at radius 3 is 3.00 bits per heavy atom. The lowest BCUT2D eigenvalue weighted by molar-refractivity contribution is 0.0502. The fourth-order valence-electron chi connectivity index (χ4n) is 1.04. The lowest BCUT2D eigenvalue weighted by atomic mass is 10.3. The molecule has 0 aromatic rings. The molecular formula is C6H14N2O. The van der Waals surface area contributed by atoms with Crippen molar-refractivity contribution in [3.63, 3.8) is 0 Å². The summed E-state index contributed by atoms with van der Waals surface area (Å²) >= 11 is 0. The molecule has 0 aromatic heterocycles. The minimum Gasteiger partial charge on any atom is -0.359 e. The van der Waals surface area contributed by atoms with Crippen LogP contribution >= 0.6 is 0 Å².